The molecule has 98 heavy (non-hydrogen) atoms. The summed E-state index contributed by atoms with van der Waals surface area (Å²) in [6.45, 7) is 12.0. The third-order valence-corrected chi connectivity index (χ3v) is 20.6. The molecule has 0 saturated carbocycles. The number of unbranched alkanes of at least 4 members (excludes halogenated alkanes) is 44. The Morgan fingerprint density at radius 3 is 0.776 bits per heavy atom. The summed E-state index contributed by atoms with van der Waals surface area (Å²) in [5.74, 6) is 0.259. The molecule has 0 amide bonds. The van der Waals surface area contributed by atoms with E-state index in [0.717, 1.165) is 108 Å². The Hall–Kier alpha value is -1.94. The minimum atomic E-state index is -4.96. The summed E-state index contributed by atoms with van der Waals surface area (Å²) in [4.78, 5) is 72.9. The van der Waals surface area contributed by atoms with Crippen molar-refractivity contribution < 1.29 is 80.2 Å². The zero-order valence-electron chi connectivity index (χ0n) is 64.3. The Morgan fingerprint density at radius 1 is 0.296 bits per heavy atom. The normalized spacial score (nSPS) is 14.3. The molecular weight excluding hydrogens is 1280 g/mol. The zero-order valence-corrected chi connectivity index (χ0v) is 66.0. The highest BCUT2D eigenvalue weighted by atomic mass is 31.2. The molecule has 0 bridgehead atoms. The maximum absolute atomic E-state index is 13.1. The second-order valence-electron chi connectivity index (χ2n) is 29.6. The molecule has 17 nitrogen and oxygen atoms in total. The van der Waals surface area contributed by atoms with E-state index < -0.39 is 97.5 Å². The molecule has 19 heteroatoms. The Labute approximate surface area is 600 Å². The van der Waals surface area contributed by atoms with Crippen LogP contribution in [0.15, 0.2) is 0 Å². The highest BCUT2D eigenvalue weighted by Gasteiger charge is 2.30. The van der Waals surface area contributed by atoms with Crippen LogP contribution >= 0.6 is 15.6 Å². The van der Waals surface area contributed by atoms with Crippen LogP contribution in [0, 0.1) is 17.8 Å². The summed E-state index contributed by atoms with van der Waals surface area (Å²) in [6, 6.07) is 0. The van der Waals surface area contributed by atoms with Gasteiger partial charge in [0.05, 0.1) is 26.4 Å². The number of hydrogen-bond acceptors (Lipinski definition) is 15. The third kappa shape index (κ3) is 71.1. The molecule has 0 aromatic heterocycles. The van der Waals surface area contributed by atoms with Gasteiger partial charge >= 0.3 is 39.5 Å². The van der Waals surface area contributed by atoms with Gasteiger partial charge in [0.25, 0.3) is 0 Å². The van der Waals surface area contributed by atoms with E-state index in [-0.39, 0.29) is 25.7 Å². The molecule has 3 N–H and O–H groups in total. The minimum absolute atomic E-state index is 0.107. The summed E-state index contributed by atoms with van der Waals surface area (Å²) in [5.41, 5.74) is 0. The molecule has 0 heterocycles. The van der Waals surface area contributed by atoms with E-state index in [9.17, 15) is 43.2 Å². The minimum Gasteiger partial charge on any atom is -0.462 e. The first-order valence-corrected chi connectivity index (χ1v) is 43.9. The van der Waals surface area contributed by atoms with Crippen LogP contribution < -0.4 is 0 Å². The van der Waals surface area contributed by atoms with Gasteiger partial charge in [0.15, 0.2) is 12.2 Å². The van der Waals surface area contributed by atoms with Crippen LogP contribution in [0.5, 0.6) is 0 Å². The van der Waals surface area contributed by atoms with E-state index in [2.05, 4.69) is 48.5 Å². The fourth-order valence-corrected chi connectivity index (χ4v) is 13.7. The number of aliphatic hydroxyl groups excluding tert-OH is 1. The van der Waals surface area contributed by atoms with Gasteiger partial charge in [-0.2, -0.15) is 0 Å². The maximum Gasteiger partial charge on any atom is 0.472 e. The summed E-state index contributed by atoms with van der Waals surface area (Å²) < 4.78 is 68.6. The average Bonchev–Trinajstić information content (AvgIpc) is 0.973. The molecule has 0 fully saturated rings. The van der Waals surface area contributed by atoms with E-state index >= 15 is 0 Å². The number of aliphatic hydroxyl groups is 1. The van der Waals surface area contributed by atoms with Crippen LogP contribution in [-0.2, 0) is 65.4 Å². The number of phosphoric acid groups is 2. The van der Waals surface area contributed by atoms with E-state index in [4.69, 9.17) is 37.0 Å². The Bertz CT molecular complexity index is 1910. The second-order valence-corrected chi connectivity index (χ2v) is 32.6. The SMILES string of the molecule is CCCCCCCCCCCCCCC(=O)O[C@H](COC(=O)CCCCCCCCCCC(C)C)COP(=O)(O)OC[C@H](O)COP(=O)(O)OC[C@@H](COC(=O)CCCCCCCCCCCCCCCCC(C)C)OC(=O)CCCCCCCCCCCCCCCCC(C)CC. The van der Waals surface area contributed by atoms with Gasteiger partial charge < -0.3 is 33.8 Å². The molecule has 0 aromatic rings. The van der Waals surface area contributed by atoms with Crippen LogP contribution in [0.25, 0.3) is 0 Å². The summed E-state index contributed by atoms with van der Waals surface area (Å²) in [6.07, 6.45) is 56.8. The van der Waals surface area contributed by atoms with Crippen molar-refractivity contribution in [3.63, 3.8) is 0 Å². The number of phosphoric ester groups is 2. The number of carbonyl (C=O) groups is 4. The molecule has 0 saturated heterocycles. The van der Waals surface area contributed by atoms with Crippen molar-refractivity contribution in [2.75, 3.05) is 39.6 Å². The lowest BCUT2D eigenvalue weighted by atomic mass is 9.99. The lowest BCUT2D eigenvalue weighted by molar-refractivity contribution is -0.161. The molecule has 0 aromatic carbocycles. The topological polar surface area (TPSA) is 237 Å². The average molecular weight is 1440 g/mol. The maximum atomic E-state index is 13.1. The van der Waals surface area contributed by atoms with E-state index in [1.165, 1.54) is 218 Å². The van der Waals surface area contributed by atoms with Gasteiger partial charge in [-0.25, -0.2) is 9.13 Å². The number of rotatable bonds is 77. The lowest BCUT2D eigenvalue weighted by Gasteiger charge is -2.21. The molecule has 0 spiro atoms. The molecule has 0 aliphatic rings. The number of ether oxygens (including phenoxy) is 4. The van der Waals surface area contributed by atoms with Crippen molar-refractivity contribution in [2.24, 2.45) is 17.8 Å². The molecule has 3 unspecified atom stereocenters. The van der Waals surface area contributed by atoms with Gasteiger partial charge in [-0.05, 0) is 43.4 Å². The van der Waals surface area contributed by atoms with Gasteiger partial charge in [0.2, 0.25) is 0 Å². The largest absolute Gasteiger partial charge is 0.472 e. The van der Waals surface area contributed by atoms with Crippen molar-refractivity contribution in [2.45, 2.75) is 426 Å². The second kappa shape index (κ2) is 69.4. The number of hydrogen-bond donors (Lipinski definition) is 3. The highest BCUT2D eigenvalue weighted by Crippen LogP contribution is 2.45. The van der Waals surface area contributed by atoms with E-state index in [1.54, 1.807) is 0 Å². The van der Waals surface area contributed by atoms with Crippen molar-refractivity contribution in [3.8, 4) is 0 Å². The van der Waals surface area contributed by atoms with Crippen molar-refractivity contribution in [1.82, 2.24) is 0 Å². The van der Waals surface area contributed by atoms with Crippen molar-refractivity contribution in [3.05, 3.63) is 0 Å². The van der Waals surface area contributed by atoms with Crippen molar-refractivity contribution >= 4 is 39.5 Å². The molecular formula is C79H154O17P2. The van der Waals surface area contributed by atoms with Crippen LogP contribution in [0.1, 0.15) is 408 Å². The highest BCUT2D eigenvalue weighted by molar-refractivity contribution is 7.47. The quantitative estimate of drug-likeness (QED) is 0.0222. The fourth-order valence-electron chi connectivity index (χ4n) is 12.1. The van der Waals surface area contributed by atoms with E-state index in [1.807, 2.05) is 0 Å². The fraction of sp³-hybridized carbons (Fsp3) is 0.949. The molecule has 582 valence electrons. The zero-order chi connectivity index (χ0) is 72.3. The molecule has 0 rings (SSSR count). The van der Waals surface area contributed by atoms with Gasteiger partial charge in [-0.1, -0.05) is 357 Å². The van der Waals surface area contributed by atoms with Crippen LogP contribution in [0.4, 0.5) is 0 Å². The van der Waals surface area contributed by atoms with Crippen LogP contribution in [0.2, 0.25) is 0 Å². The molecule has 6 atom stereocenters. The predicted octanol–water partition coefficient (Wildman–Crippen LogP) is 23.4. The molecule has 0 aliphatic heterocycles. The van der Waals surface area contributed by atoms with Crippen molar-refractivity contribution in [1.29, 1.82) is 0 Å². The first-order valence-electron chi connectivity index (χ1n) is 40.9. The van der Waals surface area contributed by atoms with Gasteiger partial charge in [-0.3, -0.25) is 37.3 Å². The molecule has 0 radical (unpaired) electrons. The van der Waals surface area contributed by atoms with Crippen LogP contribution in [-0.4, -0.2) is 96.7 Å². The third-order valence-electron chi connectivity index (χ3n) is 18.7. The first-order chi connectivity index (χ1) is 47.3. The summed E-state index contributed by atoms with van der Waals surface area (Å²) in [5, 5.41) is 10.6. The summed E-state index contributed by atoms with van der Waals surface area (Å²) in [7, 11) is -9.92. The van der Waals surface area contributed by atoms with E-state index in [0.29, 0.717) is 25.7 Å². The van der Waals surface area contributed by atoms with Crippen LogP contribution in [0.3, 0.4) is 0 Å². The van der Waals surface area contributed by atoms with Gasteiger partial charge in [-0.15, -0.1) is 0 Å². The number of carbonyl (C=O) groups excluding carboxylic acids is 4. The van der Waals surface area contributed by atoms with Gasteiger partial charge in [0.1, 0.15) is 19.3 Å². The smallest absolute Gasteiger partial charge is 0.462 e. The lowest BCUT2D eigenvalue weighted by Crippen LogP contribution is -2.30. The first kappa shape index (κ1) is 96.1. The van der Waals surface area contributed by atoms with Gasteiger partial charge in [0, 0.05) is 25.7 Å². The standard InChI is InChI=1S/C79H154O17P2/c1-8-10-11-12-13-14-15-26-32-41-48-55-62-78(83)96-75(67-90-77(82)61-54-47-40-35-34-37-44-51-58-71(5)6)69-94-98(87,88)92-65-73(80)64-91-97(85,86)93-68-74(66-89-76(81)60-53-46-39-31-27-22-18-16-20-24-29-36-43-50-57-70(3)4)95-79(84)63-56-49-42-33-28-23-19-17-21-25-30-38-45-52-59-72(7)9-2/h70-75,80H,8-69H2,1-7H3,(H,85,86)(H,87,88)/t72?,73-,74-,75-/m1/s1. The molecule has 0 aliphatic carbocycles. The monoisotopic (exact) mass is 1440 g/mol. The Morgan fingerprint density at radius 2 is 0.520 bits per heavy atom. The Kier molecular flexibility index (Phi) is 68.1. The number of esters is 4. The summed E-state index contributed by atoms with van der Waals surface area (Å²) >= 11 is 0. The predicted molar refractivity (Wildman–Crippen MR) is 400 cm³/mol. The Balaban J connectivity index is 5.25.